The predicted octanol–water partition coefficient (Wildman–Crippen LogP) is 3.29. The van der Waals surface area contributed by atoms with Gasteiger partial charge in [0, 0.05) is 19.2 Å². The predicted molar refractivity (Wildman–Crippen MR) is 73.4 cm³/mol. The minimum Gasteiger partial charge on any atom is -0.378 e. The molecule has 1 aromatic rings. The minimum absolute atomic E-state index is 0.156. The third-order valence-electron chi connectivity index (χ3n) is 4.46. The number of halogens is 1. The summed E-state index contributed by atoms with van der Waals surface area (Å²) < 4.78 is 18.6. The van der Waals surface area contributed by atoms with E-state index in [1.165, 1.54) is 18.4 Å². The van der Waals surface area contributed by atoms with Crippen LogP contribution in [0.1, 0.15) is 37.8 Å². The Morgan fingerprint density at radius 1 is 1.26 bits per heavy atom. The molecule has 3 unspecified atom stereocenters. The van der Waals surface area contributed by atoms with Crippen LogP contribution in [0.5, 0.6) is 0 Å². The maximum Gasteiger partial charge on any atom is 0.123 e. The second-order valence-electron chi connectivity index (χ2n) is 5.90. The summed E-state index contributed by atoms with van der Waals surface area (Å²) in [5.41, 5.74) is 1.22. The van der Waals surface area contributed by atoms with E-state index in [2.05, 4.69) is 12.2 Å². The number of ether oxygens (including phenoxy) is 1. The third-order valence-corrected chi connectivity index (χ3v) is 4.46. The van der Waals surface area contributed by atoms with E-state index in [4.69, 9.17) is 4.74 Å². The Balaban J connectivity index is 1.63. The van der Waals surface area contributed by atoms with Crippen LogP contribution in [-0.4, -0.2) is 19.3 Å². The molecule has 2 fully saturated rings. The number of benzene rings is 1. The molecule has 0 spiro atoms. The fourth-order valence-electron chi connectivity index (χ4n) is 2.98. The van der Waals surface area contributed by atoms with Crippen molar-refractivity contribution < 1.29 is 9.13 Å². The zero-order chi connectivity index (χ0) is 13.2. The van der Waals surface area contributed by atoms with Crippen LogP contribution < -0.4 is 5.32 Å². The van der Waals surface area contributed by atoms with E-state index in [1.807, 2.05) is 12.1 Å². The van der Waals surface area contributed by atoms with Crippen LogP contribution in [0, 0.1) is 17.7 Å². The van der Waals surface area contributed by atoms with Gasteiger partial charge in [-0.1, -0.05) is 12.1 Å². The van der Waals surface area contributed by atoms with Crippen molar-refractivity contribution in [3.05, 3.63) is 35.6 Å². The van der Waals surface area contributed by atoms with Crippen LogP contribution in [0.4, 0.5) is 4.39 Å². The monoisotopic (exact) mass is 263 g/mol. The molecule has 2 aliphatic rings. The van der Waals surface area contributed by atoms with Gasteiger partial charge in [-0.25, -0.2) is 4.39 Å². The molecule has 1 N–H and O–H groups in total. The van der Waals surface area contributed by atoms with Crippen molar-refractivity contribution in [2.75, 3.05) is 13.2 Å². The lowest BCUT2D eigenvalue weighted by atomic mass is 9.99. The highest BCUT2D eigenvalue weighted by Crippen LogP contribution is 2.41. The number of rotatable bonds is 5. The summed E-state index contributed by atoms with van der Waals surface area (Å²) in [5, 5.41) is 3.69. The first kappa shape index (κ1) is 13.1. The van der Waals surface area contributed by atoms with Crippen molar-refractivity contribution in [2.45, 2.75) is 38.3 Å². The summed E-state index contributed by atoms with van der Waals surface area (Å²) in [7, 11) is 0. The summed E-state index contributed by atoms with van der Waals surface area (Å²) in [5.74, 6) is 1.18. The second kappa shape index (κ2) is 5.59. The van der Waals surface area contributed by atoms with Gasteiger partial charge >= 0.3 is 0 Å². The van der Waals surface area contributed by atoms with Gasteiger partial charge in [0.15, 0.2) is 0 Å². The molecule has 3 heteroatoms. The third kappa shape index (κ3) is 3.15. The van der Waals surface area contributed by atoms with E-state index < -0.39 is 0 Å². The van der Waals surface area contributed by atoms with Gasteiger partial charge < -0.3 is 10.1 Å². The van der Waals surface area contributed by atoms with Crippen LogP contribution in [0.15, 0.2) is 24.3 Å². The summed E-state index contributed by atoms with van der Waals surface area (Å²) in [6, 6.07) is 7.34. The molecule has 0 amide bonds. The van der Waals surface area contributed by atoms with Gasteiger partial charge in [-0.3, -0.25) is 0 Å². The Morgan fingerprint density at radius 3 is 2.58 bits per heavy atom. The van der Waals surface area contributed by atoms with Crippen molar-refractivity contribution >= 4 is 0 Å². The Bertz CT molecular complexity index is 415. The molecule has 1 heterocycles. The first-order chi connectivity index (χ1) is 9.24. The van der Waals surface area contributed by atoms with Crippen LogP contribution in [0.3, 0.4) is 0 Å². The zero-order valence-electron chi connectivity index (χ0n) is 11.4. The van der Waals surface area contributed by atoms with E-state index in [-0.39, 0.29) is 5.82 Å². The van der Waals surface area contributed by atoms with Gasteiger partial charge in [-0.2, -0.15) is 0 Å². The Labute approximate surface area is 114 Å². The molecule has 1 aliphatic carbocycles. The van der Waals surface area contributed by atoms with Crippen LogP contribution in [0.2, 0.25) is 0 Å². The molecular formula is C16H22FNO. The topological polar surface area (TPSA) is 21.3 Å². The molecule has 1 aliphatic heterocycles. The highest BCUT2D eigenvalue weighted by molar-refractivity contribution is 5.22. The summed E-state index contributed by atoms with van der Waals surface area (Å²) in [6.07, 6.45) is 4.08. The number of hydrogen-bond acceptors (Lipinski definition) is 2. The molecule has 1 aromatic carbocycles. The van der Waals surface area contributed by atoms with E-state index in [0.717, 1.165) is 25.5 Å². The number of hydrogen-bond donors (Lipinski definition) is 1. The Morgan fingerprint density at radius 2 is 2.00 bits per heavy atom. The smallest absolute Gasteiger partial charge is 0.123 e. The second-order valence-corrected chi connectivity index (χ2v) is 5.90. The first-order valence-corrected chi connectivity index (χ1v) is 7.34. The molecule has 0 aromatic heterocycles. The van der Waals surface area contributed by atoms with E-state index >= 15 is 0 Å². The minimum atomic E-state index is -0.156. The zero-order valence-corrected chi connectivity index (χ0v) is 11.4. The van der Waals surface area contributed by atoms with Gasteiger partial charge in [0.05, 0.1) is 6.10 Å². The Kier molecular flexibility index (Phi) is 3.85. The van der Waals surface area contributed by atoms with E-state index in [9.17, 15) is 4.39 Å². The highest BCUT2D eigenvalue weighted by Gasteiger charge is 2.33. The molecule has 3 atom stereocenters. The van der Waals surface area contributed by atoms with Gasteiger partial charge in [-0.15, -0.1) is 0 Å². The maximum absolute atomic E-state index is 13.0. The SMILES string of the molecule is CC1OCCC1CNC(c1ccc(F)cc1)C1CC1. The van der Waals surface area contributed by atoms with Crippen LogP contribution >= 0.6 is 0 Å². The van der Waals surface area contributed by atoms with Crippen molar-refractivity contribution in [3.8, 4) is 0 Å². The van der Waals surface area contributed by atoms with Crippen LogP contribution in [0.25, 0.3) is 0 Å². The molecule has 3 rings (SSSR count). The lowest BCUT2D eigenvalue weighted by molar-refractivity contribution is 0.104. The lowest BCUT2D eigenvalue weighted by Gasteiger charge is -2.22. The standard InChI is InChI=1S/C16H22FNO/c1-11-14(8-9-19-11)10-18-16(12-2-3-12)13-4-6-15(17)7-5-13/h4-7,11-12,14,16,18H,2-3,8-10H2,1H3. The average Bonchev–Trinajstić information content (AvgIpc) is 3.16. The quantitative estimate of drug-likeness (QED) is 0.880. The maximum atomic E-state index is 13.0. The average molecular weight is 263 g/mol. The molecule has 1 saturated carbocycles. The van der Waals surface area contributed by atoms with Gasteiger partial charge in [0.2, 0.25) is 0 Å². The molecule has 104 valence electrons. The van der Waals surface area contributed by atoms with Crippen LogP contribution in [-0.2, 0) is 4.74 Å². The molecular weight excluding hydrogens is 241 g/mol. The number of nitrogens with one attached hydrogen (secondary N) is 1. The Hall–Kier alpha value is -0.930. The van der Waals surface area contributed by atoms with Crippen molar-refractivity contribution in [1.82, 2.24) is 5.32 Å². The van der Waals surface area contributed by atoms with E-state index in [1.54, 1.807) is 12.1 Å². The van der Waals surface area contributed by atoms with Crippen molar-refractivity contribution in [2.24, 2.45) is 11.8 Å². The summed E-state index contributed by atoms with van der Waals surface area (Å²) in [6.45, 7) is 4.04. The lowest BCUT2D eigenvalue weighted by Crippen LogP contribution is -2.31. The van der Waals surface area contributed by atoms with Gasteiger partial charge in [-0.05, 0) is 55.7 Å². The molecule has 1 saturated heterocycles. The normalized spacial score (nSPS) is 28.5. The molecule has 0 radical (unpaired) electrons. The summed E-state index contributed by atoms with van der Waals surface area (Å²) in [4.78, 5) is 0. The largest absolute Gasteiger partial charge is 0.378 e. The fourth-order valence-corrected chi connectivity index (χ4v) is 2.98. The molecule has 19 heavy (non-hydrogen) atoms. The van der Waals surface area contributed by atoms with Crippen molar-refractivity contribution in [1.29, 1.82) is 0 Å². The van der Waals surface area contributed by atoms with Crippen molar-refractivity contribution in [3.63, 3.8) is 0 Å². The fraction of sp³-hybridized carbons (Fsp3) is 0.625. The van der Waals surface area contributed by atoms with E-state index in [0.29, 0.717) is 18.1 Å². The van der Waals surface area contributed by atoms with Gasteiger partial charge in [0.1, 0.15) is 5.82 Å². The summed E-state index contributed by atoms with van der Waals surface area (Å²) >= 11 is 0. The highest BCUT2D eigenvalue weighted by atomic mass is 19.1. The first-order valence-electron chi connectivity index (χ1n) is 7.34. The molecule has 2 nitrogen and oxygen atoms in total. The molecule has 0 bridgehead atoms. The van der Waals surface area contributed by atoms with Gasteiger partial charge in [0.25, 0.3) is 0 Å².